The van der Waals surface area contributed by atoms with Crippen molar-refractivity contribution in [2.75, 3.05) is 40.0 Å². The zero-order valence-electron chi connectivity index (χ0n) is 16.2. The Morgan fingerprint density at radius 2 is 1.70 bits per heavy atom. The van der Waals surface area contributed by atoms with Gasteiger partial charge >= 0.3 is 5.97 Å². The van der Waals surface area contributed by atoms with E-state index in [1.807, 2.05) is 0 Å². The van der Waals surface area contributed by atoms with Crippen LogP contribution in [-0.4, -0.2) is 64.5 Å². The van der Waals surface area contributed by atoms with Crippen molar-refractivity contribution in [3.05, 3.63) is 59.4 Å². The predicted molar refractivity (Wildman–Crippen MR) is 104 cm³/mol. The fraction of sp³-hybridized carbons (Fsp3) is 0.300. The minimum absolute atomic E-state index is 0.0467. The molecule has 0 aromatic heterocycles. The fourth-order valence-corrected chi connectivity index (χ4v) is 4.45. The van der Waals surface area contributed by atoms with E-state index in [-0.39, 0.29) is 48.1 Å². The number of hydrogen-bond acceptors (Lipinski definition) is 7. The summed E-state index contributed by atoms with van der Waals surface area (Å²) in [5, 5.41) is 0. The Bertz CT molecular complexity index is 1030. The largest absolute Gasteiger partial charge is 0.495 e. The van der Waals surface area contributed by atoms with E-state index in [1.54, 1.807) is 0 Å². The number of ketones is 1. The number of ether oxygens (including phenoxy) is 3. The molecule has 30 heavy (non-hydrogen) atoms. The van der Waals surface area contributed by atoms with Crippen molar-refractivity contribution in [2.24, 2.45) is 0 Å². The van der Waals surface area contributed by atoms with Crippen LogP contribution in [0.15, 0.2) is 47.4 Å². The van der Waals surface area contributed by atoms with E-state index < -0.39 is 34.2 Å². The van der Waals surface area contributed by atoms with Crippen LogP contribution in [0.2, 0.25) is 0 Å². The molecule has 1 aliphatic heterocycles. The number of sulfonamides is 1. The molecule has 0 bridgehead atoms. The molecule has 10 heteroatoms. The first-order chi connectivity index (χ1) is 14.3. The molecule has 1 aliphatic rings. The quantitative estimate of drug-likeness (QED) is 0.482. The van der Waals surface area contributed by atoms with Crippen molar-refractivity contribution in [2.45, 2.75) is 4.90 Å². The molecule has 0 spiro atoms. The highest BCUT2D eigenvalue weighted by Crippen LogP contribution is 2.28. The van der Waals surface area contributed by atoms with Crippen LogP contribution < -0.4 is 4.74 Å². The van der Waals surface area contributed by atoms with Crippen LogP contribution in [0.5, 0.6) is 5.75 Å². The van der Waals surface area contributed by atoms with Crippen molar-refractivity contribution in [3.63, 3.8) is 0 Å². The Hall–Kier alpha value is -2.82. The third-order valence-electron chi connectivity index (χ3n) is 4.49. The maximum Gasteiger partial charge on any atom is 0.338 e. The van der Waals surface area contributed by atoms with Gasteiger partial charge in [-0.2, -0.15) is 4.31 Å². The molecule has 1 heterocycles. The van der Waals surface area contributed by atoms with Crippen molar-refractivity contribution < 1.29 is 36.6 Å². The zero-order valence-corrected chi connectivity index (χ0v) is 17.0. The van der Waals surface area contributed by atoms with Crippen molar-refractivity contribution in [1.82, 2.24) is 4.31 Å². The molecule has 2 aromatic carbocycles. The monoisotopic (exact) mass is 437 g/mol. The first-order valence-corrected chi connectivity index (χ1v) is 10.5. The highest BCUT2D eigenvalue weighted by Gasteiger charge is 2.30. The lowest BCUT2D eigenvalue weighted by Crippen LogP contribution is -2.40. The average Bonchev–Trinajstić information content (AvgIpc) is 2.77. The molecule has 0 amide bonds. The van der Waals surface area contributed by atoms with Gasteiger partial charge in [0.15, 0.2) is 12.4 Å². The van der Waals surface area contributed by atoms with E-state index in [0.717, 1.165) is 18.2 Å². The van der Waals surface area contributed by atoms with Gasteiger partial charge in [0.25, 0.3) is 0 Å². The summed E-state index contributed by atoms with van der Waals surface area (Å²) in [5.41, 5.74) is 0.143. The molecule has 0 radical (unpaired) electrons. The van der Waals surface area contributed by atoms with Crippen LogP contribution in [0.1, 0.15) is 20.7 Å². The zero-order chi connectivity index (χ0) is 21.7. The Morgan fingerprint density at radius 1 is 1.07 bits per heavy atom. The number of rotatable bonds is 7. The third-order valence-corrected chi connectivity index (χ3v) is 6.41. The summed E-state index contributed by atoms with van der Waals surface area (Å²) in [6.45, 7) is 0.351. The summed E-state index contributed by atoms with van der Waals surface area (Å²) >= 11 is 0. The molecular formula is C20H20FNO7S. The number of carbonyl (C=O) groups is 2. The summed E-state index contributed by atoms with van der Waals surface area (Å²) in [6.07, 6.45) is 0. The van der Waals surface area contributed by atoms with E-state index in [0.29, 0.717) is 0 Å². The summed E-state index contributed by atoms with van der Waals surface area (Å²) in [4.78, 5) is 24.3. The minimum atomic E-state index is -3.92. The molecule has 8 nitrogen and oxygen atoms in total. The number of nitrogens with zero attached hydrogens (tertiary/aromatic N) is 1. The third kappa shape index (κ3) is 4.84. The normalized spacial score (nSPS) is 14.9. The van der Waals surface area contributed by atoms with Crippen LogP contribution in [0, 0.1) is 5.82 Å². The molecule has 1 fully saturated rings. The lowest BCUT2D eigenvalue weighted by Gasteiger charge is -2.26. The standard InChI is InChI=1S/C20H20FNO7S/c1-27-18-7-4-15(12-19(18)30(25,26)22-8-10-28-11-9-22)20(24)29-13-17(23)14-2-5-16(21)6-3-14/h2-7,12H,8-11,13H2,1H3. The first-order valence-electron chi connectivity index (χ1n) is 9.05. The Balaban J connectivity index is 1.77. The van der Waals surface area contributed by atoms with E-state index in [4.69, 9.17) is 14.2 Å². The van der Waals surface area contributed by atoms with E-state index in [1.165, 1.54) is 35.7 Å². The second kappa shape index (κ2) is 9.33. The van der Waals surface area contributed by atoms with E-state index in [2.05, 4.69) is 0 Å². The predicted octanol–water partition coefficient (Wildman–Crippen LogP) is 1.89. The van der Waals surface area contributed by atoms with Crippen molar-refractivity contribution in [3.8, 4) is 5.75 Å². The van der Waals surface area contributed by atoms with Gasteiger partial charge in [0.1, 0.15) is 16.5 Å². The molecular weight excluding hydrogens is 417 g/mol. The molecule has 160 valence electrons. The lowest BCUT2D eigenvalue weighted by atomic mass is 10.1. The number of esters is 1. The van der Waals surface area contributed by atoms with Crippen LogP contribution in [0.4, 0.5) is 4.39 Å². The average molecular weight is 437 g/mol. The van der Waals surface area contributed by atoms with Gasteiger partial charge in [0.05, 0.1) is 25.9 Å². The fourth-order valence-electron chi connectivity index (χ4n) is 2.86. The second-order valence-electron chi connectivity index (χ2n) is 6.39. The Kier molecular flexibility index (Phi) is 6.80. The number of carbonyl (C=O) groups excluding carboxylic acids is 2. The van der Waals surface area contributed by atoms with Crippen LogP contribution in [0.3, 0.4) is 0 Å². The minimum Gasteiger partial charge on any atom is -0.495 e. The van der Waals surface area contributed by atoms with Gasteiger partial charge in [-0.05, 0) is 42.5 Å². The lowest BCUT2D eigenvalue weighted by molar-refractivity contribution is 0.0474. The number of hydrogen-bond donors (Lipinski definition) is 0. The summed E-state index contributed by atoms with van der Waals surface area (Å²) in [6, 6.07) is 8.68. The number of halogens is 1. The summed E-state index contributed by atoms with van der Waals surface area (Å²) in [5.74, 6) is -1.79. The SMILES string of the molecule is COc1ccc(C(=O)OCC(=O)c2ccc(F)cc2)cc1S(=O)(=O)N1CCOCC1. The van der Waals surface area contributed by atoms with Gasteiger partial charge in [-0.3, -0.25) is 4.79 Å². The number of benzene rings is 2. The summed E-state index contributed by atoms with van der Waals surface area (Å²) < 4.78 is 55.5. The Labute approximate surface area is 173 Å². The number of Topliss-reactive ketones (excluding diaryl/α,β-unsaturated/α-hetero) is 1. The van der Waals surface area contributed by atoms with Gasteiger partial charge < -0.3 is 14.2 Å². The maximum atomic E-state index is 13.0. The van der Waals surface area contributed by atoms with Crippen molar-refractivity contribution >= 4 is 21.8 Å². The van der Waals surface area contributed by atoms with Gasteiger partial charge in [-0.1, -0.05) is 0 Å². The van der Waals surface area contributed by atoms with Gasteiger partial charge in [0.2, 0.25) is 10.0 Å². The smallest absolute Gasteiger partial charge is 0.338 e. The highest BCUT2D eigenvalue weighted by molar-refractivity contribution is 7.89. The molecule has 0 unspecified atom stereocenters. The number of morpholine rings is 1. The van der Waals surface area contributed by atoms with Crippen LogP contribution >= 0.6 is 0 Å². The molecule has 0 aliphatic carbocycles. The highest BCUT2D eigenvalue weighted by atomic mass is 32.2. The molecule has 0 saturated carbocycles. The molecule has 1 saturated heterocycles. The molecule has 3 rings (SSSR count). The van der Waals surface area contributed by atoms with E-state index >= 15 is 0 Å². The Morgan fingerprint density at radius 3 is 2.33 bits per heavy atom. The summed E-state index contributed by atoms with van der Waals surface area (Å²) in [7, 11) is -2.59. The van der Waals surface area contributed by atoms with Gasteiger partial charge in [0, 0.05) is 18.7 Å². The molecule has 0 N–H and O–H groups in total. The van der Waals surface area contributed by atoms with Crippen LogP contribution in [-0.2, 0) is 19.5 Å². The van der Waals surface area contributed by atoms with Crippen LogP contribution in [0.25, 0.3) is 0 Å². The molecule has 2 aromatic rings. The van der Waals surface area contributed by atoms with Gasteiger partial charge in [-0.15, -0.1) is 0 Å². The van der Waals surface area contributed by atoms with Gasteiger partial charge in [-0.25, -0.2) is 17.6 Å². The van der Waals surface area contributed by atoms with E-state index in [9.17, 15) is 22.4 Å². The maximum absolute atomic E-state index is 13.0. The first kappa shape index (κ1) is 21.9. The molecule has 0 atom stereocenters. The van der Waals surface area contributed by atoms with Crippen molar-refractivity contribution in [1.29, 1.82) is 0 Å². The second-order valence-corrected chi connectivity index (χ2v) is 8.29. The number of methoxy groups -OCH3 is 1. The topological polar surface area (TPSA) is 99.2 Å².